The summed E-state index contributed by atoms with van der Waals surface area (Å²) in [5.41, 5.74) is 3.35. The third-order valence-electron chi connectivity index (χ3n) is 6.64. The lowest BCUT2D eigenvalue weighted by molar-refractivity contribution is -0.133. The quantitative estimate of drug-likeness (QED) is 0.333. The molecule has 2 heterocycles. The standard InChI is InChI=1S/C29H39N5O6S/c1-29(2,3)40-28(36)30-12-11-22-19-31-26-10-9-24(17-25(22)26)39-20-27(35)34-15-13-33(14-16-34)23-7-5-21(6-8-23)18-32-41(4,37)38/h5-10,17,19,31-32H,11-16,18,20H2,1-4H3,(H,30,36). The number of aromatic amines is 1. The molecular weight excluding hydrogens is 546 g/mol. The molecule has 1 aliphatic rings. The molecule has 4 rings (SSSR count). The Morgan fingerprint density at radius 1 is 1.02 bits per heavy atom. The number of ether oxygens (including phenoxy) is 2. The van der Waals surface area contributed by atoms with Crippen LogP contribution in [-0.4, -0.2) is 81.5 Å². The first-order chi connectivity index (χ1) is 19.4. The average Bonchev–Trinajstić information content (AvgIpc) is 3.31. The first kappa shape index (κ1) is 30.2. The lowest BCUT2D eigenvalue weighted by Crippen LogP contribution is -2.50. The molecule has 12 heteroatoms. The summed E-state index contributed by atoms with van der Waals surface area (Å²) < 4.78 is 36.2. The first-order valence-corrected chi connectivity index (χ1v) is 15.5. The van der Waals surface area contributed by atoms with Gasteiger partial charge in [-0.25, -0.2) is 17.9 Å². The molecule has 1 fully saturated rings. The van der Waals surface area contributed by atoms with Crippen molar-refractivity contribution in [3.8, 4) is 5.75 Å². The van der Waals surface area contributed by atoms with Crippen molar-refractivity contribution in [2.45, 2.75) is 39.3 Å². The van der Waals surface area contributed by atoms with Gasteiger partial charge in [0, 0.05) is 62.1 Å². The molecule has 1 aromatic heterocycles. The highest BCUT2D eigenvalue weighted by molar-refractivity contribution is 7.88. The van der Waals surface area contributed by atoms with Crippen molar-refractivity contribution in [1.82, 2.24) is 19.9 Å². The fourth-order valence-corrected chi connectivity index (χ4v) is 4.99. The summed E-state index contributed by atoms with van der Waals surface area (Å²) in [6.45, 7) is 8.68. The van der Waals surface area contributed by atoms with Crippen molar-refractivity contribution >= 4 is 38.6 Å². The molecule has 0 saturated carbocycles. The van der Waals surface area contributed by atoms with Crippen LogP contribution in [-0.2, 0) is 32.5 Å². The Bertz CT molecular complexity index is 1460. The number of carbonyl (C=O) groups excluding carboxylic acids is 2. The second kappa shape index (κ2) is 12.8. The number of alkyl carbamates (subject to hydrolysis) is 1. The van der Waals surface area contributed by atoms with Crippen LogP contribution >= 0.6 is 0 Å². The highest BCUT2D eigenvalue weighted by atomic mass is 32.2. The minimum Gasteiger partial charge on any atom is -0.484 e. The van der Waals surface area contributed by atoms with E-state index >= 15 is 0 Å². The Kier molecular flexibility index (Phi) is 9.44. The van der Waals surface area contributed by atoms with E-state index in [1.165, 1.54) is 0 Å². The van der Waals surface area contributed by atoms with E-state index in [9.17, 15) is 18.0 Å². The molecule has 3 aromatic rings. The number of piperazine rings is 1. The van der Waals surface area contributed by atoms with Gasteiger partial charge in [-0.2, -0.15) is 0 Å². The Morgan fingerprint density at radius 2 is 1.73 bits per heavy atom. The van der Waals surface area contributed by atoms with Crippen LogP contribution in [0.3, 0.4) is 0 Å². The fourth-order valence-electron chi connectivity index (χ4n) is 4.56. The monoisotopic (exact) mass is 585 g/mol. The highest BCUT2D eigenvalue weighted by Crippen LogP contribution is 2.24. The molecule has 3 N–H and O–H groups in total. The Hall–Kier alpha value is -3.77. The maximum atomic E-state index is 12.9. The van der Waals surface area contributed by atoms with Gasteiger partial charge in [-0.15, -0.1) is 0 Å². The van der Waals surface area contributed by atoms with Crippen molar-refractivity contribution in [2.24, 2.45) is 0 Å². The van der Waals surface area contributed by atoms with Gasteiger partial charge in [0.1, 0.15) is 11.4 Å². The van der Waals surface area contributed by atoms with E-state index in [2.05, 4.69) is 19.9 Å². The molecule has 0 aliphatic carbocycles. The summed E-state index contributed by atoms with van der Waals surface area (Å²) in [5.74, 6) is 0.540. The van der Waals surface area contributed by atoms with Gasteiger partial charge >= 0.3 is 6.09 Å². The third kappa shape index (κ3) is 9.12. The first-order valence-electron chi connectivity index (χ1n) is 13.6. The SMILES string of the molecule is CC(C)(C)OC(=O)NCCc1c[nH]c2ccc(OCC(=O)N3CCN(c4ccc(CNS(C)(=O)=O)cc4)CC3)cc12. The minimum absolute atomic E-state index is 0.0481. The Balaban J connectivity index is 1.24. The molecule has 1 aliphatic heterocycles. The minimum atomic E-state index is -3.24. The van der Waals surface area contributed by atoms with Gasteiger partial charge < -0.3 is 29.6 Å². The van der Waals surface area contributed by atoms with Gasteiger partial charge in [0.25, 0.3) is 5.91 Å². The van der Waals surface area contributed by atoms with Gasteiger partial charge in [-0.1, -0.05) is 12.1 Å². The molecule has 2 amide bonds. The summed E-state index contributed by atoms with van der Waals surface area (Å²) in [6.07, 6.45) is 3.22. The van der Waals surface area contributed by atoms with E-state index < -0.39 is 21.7 Å². The number of nitrogens with zero attached hydrogens (tertiary/aromatic N) is 2. The smallest absolute Gasteiger partial charge is 0.407 e. The third-order valence-corrected chi connectivity index (χ3v) is 7.30. The predicted octanol–water partition coefficient (Wildman–Crippen LogP) is 3.01. The van der Waals surface area contributed by atoms with Crippen molar-refractivity contribution in [2.75, 3.05) is 50.5 Å². The molecule has 0 bridgehead atoms. The fraction of sp³-hybridized carbons (Fsp3) is 0.448. The normalized spacial score (nSPS) is 14.2. The molecule has 1 saturated heterocycles. The van der Waals surface area contributed by atoms with E-state index in [-0.39, 0.29) is 19.1 Å². The van der Waals surface area contributed by atoms with Crippen LogP contribution in [0, 0.1) is 0 Å². The summed E-state index contributed by atoms with van der Waals surface area (Å²) in [5, 5.41) is 3.76. The van der Waals surface area contributed by atoms with Crippen LogP contribution in [0.5, 0.6) is 5.75 Å². The van der Waals surface area contributed by atoms with E-state index in [1.54, 1.807) is 0 Å². The molecular formula is C29H39N5O6S. The second-order valence-electron chi connectivity index (χ2n) is 11.1. The zero-order chi connectivity index (χ0) is 29.6. The predicted molar refractivity (Wildman–Crippen MR) is 159 cm³/mol. The molecule has 0 spiro atoms. The number of hydrogen-bond acceptors (Lipinski definition) is 7. The van der Waals surface area contributed by atoms with Crippen molar-refractivity contribution in [3.05, 3.63) is 59.8 Å². The summed E-state index contributed by atoms with van der Waals surface area (Å²) in [6, 6.07) is 13.4. The number of amides is 2. The number of carbonyl (C=O) groups is 2. The molecule has 2 aromatic carbocycles. The summed E-state index contributed by atoms with van der Waals surface area (Å²) in [4.78, 5) is 32.0. The highest BCUT2D eigenvalue weighted by Gasteiger charge is 2.22. The van der Waals surface area contributed by atoms with Gasteiger partial charge in [0.2, 0.25) is 10.0 Å². The maximum Gasteiger partial charge on any atom is 0.407 e. The topological polar surface area (TPSA) is 133 Å². The van der Waals surface area contributed by atoms with Crippen molar-refractivity contribution in [1.29, 1.82) is 0 Å². The van der Waals surface area contributed by atoms with E-state index in [0.29, 0.717) is 44.9 Å². The molecule has 0 radical (unpaired) electrons. The number of sulfonamides is 1. The number of nitrogens with one attached hydrogen (secondary N) is 3. The van der Waals surface area contributed by atoms with E-state index in [4.69, 9.17) is 9.47 Å². The van der Waals surface area contributed by atoms with Crippen LogP contribution < -0.4 is 19.7 Å². The number of fused-ring (bicyclic) bond motifs is 1. The lowest BCUT2D eigenvalue weighted by Gasteiger charge is -2.36. The summed E-state index contributed by atoms with van der Waals surface area (Å²) in [7, 11) is -3.24. The van der Waals surface area contributed by atoms with E-state index in [1.807, 2.05) is 74.3 Å². The average molecular weight is 586 g/mol. The Labute approximate surface area is 241 Å². The van der Waals surface area contributed by atoms with Crippen LogP contribution in [0.4, 0.5) is 10.5 Å². The van der Waals surface area contributed by atoms with Gasteiger partial charge in [0.05, 0.1) is 6.26 Å². The molecule has 0 atom stereocenters. The van der Waals surface area contributed by atoms with Gasteiger partial charge in [0.15, 0.2) is 6.61 Å². The number of aromatic nitrogens is 1. The van der Waals surface area contributed by atoms with Crippen molar-refractivity contribution in [3.63, 3.8) is 0 Å². The van der Waals surface area contributed by atoms with Crippen LogP contribution in [0.1, 0.15) is 31.9 Å². The molecule has 222 valence electrons. The molecule has 0 unspecified atom stereocenters. The Morgan fingerprint density at radius 3 is 2.39 bits per heavy atom. The van der Waals surface area contributed by atoms with Crippen molar-refractivity contribution < 1.29 is 27.5 Å². The summed E-state index contributed by atoms with van der Waals surface area (Å²) >= 11 is 0. The number of anilines is 1. The molecule has 41 heavy (non-hydrogen) atoms. The number of rotatable bonds is 10. The molecule has 11 nitrogen and oxygen atoms in total. The number of hydrogen-bond donors (Lipinski definition) is 3. The van der Waals surface area contributed by atoms with Crippen LogP contribution in [0.25, 0.3) is 10.9 Å². The van der Waals surface area contributed by atoms with Crippen LogP contribution in [0.2, 0.25) is 0 Å². The van der Waals surface area contributed by atoms with Crippen LogP contribution in [0.15, 0.2) is 48.7 Å². The zero-order valence-corrected chi connectivity index (χ0v) is 24.8. The van der Waals surface area contributed by atoms with Gasteiger partial charge in [-0.05, 0) is 68.7 Å². The number of benzene rings is 2. The number of H-pyrrole nitrogens is 1. The lowest BCUT2D eigenvalue weighted by atomic mass is 10.1. The second-order valence-corrected chi connectivity index (χ2v) is 12.9. The zero-order valence-electron chi connectivity index (χ0n) is 24.0. The largest absolute Gasteiger partial charge is 0.484 e. The maximum absolute atomic E-state index is 12.9. The van der Waals surface area contributed by atoms with E-state index in [0.717, 1.165) is 34.0 Å². The van der Waals surface area contributed by atoms with Gasteiger partial charge in [-0.3, -0.25) is 4.79 Å².